The van der Waals surface area contributed by atoms with Gasteiger partial charge in [0.1, 0.15) is 5.60 Å². The number of hydrogen-bond donors (Lipinski definition) is 1. The van der Waals surface area contributed by atoms with Gasteiger partial charge in [-0.25, -0.2) is 0 Å². The lowest BCUT2D eigenvalue weighted by Crippen LogP contribution is -2.17. The molecule has 0 aliphatic rings. The summed E-state index contributed by atoms with van der Waals surface area (Å²) in [6, 6.07) is 5.41. The van der Waals surface area contributed by atoms with E-state index in [0.29, 0.717) is 10.2 Å². The maximum absolute atomic E-state index is 6.13. The van der Waals surface area contributed by atoms with Gasteiger partial charge in [0, 0.05) is 16.3 Å². The number of benzene rings is 1. The minimum Gasteiger partial charge on any atom is -0.468 e. The number of hydrogen-bond acceptors (Lipinski definition) is 4. The molecule has 1 aromatic rings. The lowest BCUT2D eigenvalue weighted by atomic mass is 10.2. The Morgan fingerprint density at radius 3 is 2.62 bits per heavy atom. The Morgan fingerprint density at radius 2 is 2.05 bits per heavy atom. The van der Waals surface area contributed by atoms with Crippen LogP contribution in [0.1, 0.15) is 40.2 Å². The third kappa shape index (κ3) is 7.29. The van der Waals surface area contributed by atoms with Crippen LogP contribution in [-0.4, -0.2) is 23.1 Å². The summed E-state index contributed by atoms with van der Waals surface area (Å²) >= 11 is 11.2. The predicted molar refractivity (Wildman–Crippen MR) is 92.3 cm³/mol. The van der Waals surface area contributed by atoms with Gasteiger partial charge in [-0.3, -0.25) is 0 Å². The van der Waals surface area contributed by atoms with Gasteiger partial charge in [0.05, 0.1) is 12.3 Å². The van der Waals surface area contributed by atoms with Crippen LogP contribution < -0.4 is 5.32 Å². The summed E-state index contributed by atoms with van der Waals surface area (Å²) in [6.07, 6.45) is 1.60. The third-order valence-electron chi connectivity index (χ3n) is 2.10. The molecule has 0 saturated heterocycles. The van der Waals surface area contributed by atoms with Gasteiger partial charge < -0.3 is 14.9 Å². The highest BCUT2D eigenvalue weighted by Crippen LogP contribution is 2.20. The largest absolute Gasteiger partial charge is 0.468 e. The molecular formula is C15H21ClN2O2S. The van der Waals surface area contributed by atoms with Crippen molar-refractivity contribution >= 4 is 40.9 Å². The quantitative estimate of drug-likeness (QED) is 0.498. The molecule has 116 valence electrons. The molecule has 0 radical (unpaired) electrons. The molecule has 0 fully saturated rings. The summed E-state index contributed by atoms with van der Waals surface area (Å²) in [7, 11) is 0. The Labute approximate surface area is 136 Å². The van der Waals surface area contributed by atoms with Crippen molar-refractivity contribution in [1.82, 2.24) is 0 Å². The fourth-order valence-electron chi connectivity index (χ4n) is 1.32. The molecule has 4 nitrogen and oxygen atoms in total. The average Bonchev–Trinajstić information content (AvgIpc) is 2.30. The molecule has 6 heteroatoms. The Hall–Kier alpha value is -1.33. The monoisotopic (exact) mass is 328 g/mol. The number of ether oxygens (including phenoxy) is 1. The van der Waals surface area contributed by atoms with Crippen molar-refractivity contribution in [3.63, 3.8) is 0 Å². The van der Waals surface area contributed by atoms with Crippen molar-refractivity contribution < 1.29 is 9.57 Å². The van der Waals surface area contributed by atoms with E-state index in [9.17, 15) is 0 Å². The number of oxime groups is 1. The van der Waals surface area contributed by atoms with Crippen LogP contribution in [0.2, 0.25) is 5.02 Å². The van der Waals surface area contributed by atoms with Gasteiger partial charge >= 0.3 is 0 Å². The molecule has 1 N–H and O–H groups in total. The lowest BCUT2D eigenvalue weighted by molar-refractivity contribution is 0.00199. The molecule has 0 aromatic heterocycles. The molecule has 0 amide bonds. The standard InChI is InChI=1S/C15H21ClN2O2S/c1-10(2)19-14(21)18-12-6-7-13(16)11(8-12)9-17-20-15(3,4)5/h6-10H,1-5H3,(H,18,21). The number of thiocarbonyl (C=S) groups is 1. The van der Waals surface area contributed by atoms with Gasteiger partial charge in [-0.15, -0.1) is 0 Å². The first-order valence-electron chi connectivity index (χ1n) is 6.66. The smallest absolute Gasteiger partial charge is 0.261 e. The van der Waals surface area contributed by atoms with E-state index in [1.54, 1.807) is 12.3 Å². The van der Waals surface area contributed by atoms with Crippen LogP contribution in [0.4, 0.5) is 5.69 Å². The fraction of sp³-hybridized carbons (Fsp3) is 0.467. The maximum atomic E-state index is 6.13. The first-order valence-corrected chi connectivity index (χ1v) is 7.45. The summed E-state index contributed by atoms with van der Waals surface area (Å²) in [5.41, 5.74) is 1.17. The highest BCUT2D eigenvalue weighted by atomic mass is 35.5. The number of halogens is 1. The van der Waals surface area contributed by atoms with E-state index in [2.05, 4.69) is 10.5 Å². The third-order valence-corrected chi connectivity index (χ3v) is 2.65. The zero-order valence-corrected chi connectivity index (χ0v) is 14.5. The lowest BCUT2D eigenvalue weighted by Gasteiger charge is -2.15. The average molecular weight is 329 g/mol. The molecule has 0 aliphatic carbocycles. The first kappa shape index (κ1) is 17.7. The van der Waals surface area contributed by atoms with E-state index in [-0.39, 0.29) is 11.7 Å². The second kappa shape index (κ2) is 7.61. The molecule has 0 spiro atoms. The number of nitrogens with zero attached hydrogens (tertiary/aromatic N) is 1. The molecule has 1 aromatic carbocycles. The number of nitrogens with one attached hydrogen (secondary N) is 1. The van der Waals surface area contributed by atoms with Crippen molar-refractivity contribution in [1.29, 1.82) is 0 Å². The van der Waals surface area contributed by atoms with Crippen LogP contribution in [-0.2, 0) is 9.57 Å². The summed E-state index contributed by atoms with van der Waals surface area (Å²) in [4.78, 5) is 5.30. The molecular weight excluding hydrogens is 308 g/mol. The van der Waals surface area contributed by atoms with Crippen molar-refractivity contribution in [3.05, 3.63) is 28.8 Å². The Balaban J connectivity index is 2.78. The van der Waals surface area contributed by atoms with Gasteiger partial charge in [0.2, 0.25) is 0 Å². The van der Waals surface area contributed by atoms with E-state index in [1.807, 2.05) is 46.8 Å². The number of rotatable bonds is 4. The second-order valence-electron chi connectivity index (χ2n) is 5.75. The maximum Gasteiger partial charge on any atom is 0.261 e. The predicted octanol–water partition coefficient (Wildman–Crippen LogP) is 4.61. The zero-order valence-electron chi connectivity index (χ0n) is 12.9. The Morgan fingerprint density at radius 1 is 1.38 bits per heavy atom. The van der Waals surface area contributed by atoms with Gasteiger partial charge in [0.25, 0.3) is 5.17 Å². The van der Waals surface area contributed by atoms with Crippen molar-refractivity contribution in [2.45, 2.75) is 46.3 Å². The molecule has 0 saturated carbocycles. The van der Waals surface area contributed by atoms with Crippen molar-refractivity contribution in [3.8, 4) is 0 Å². The van der Waals surface area contributed by atoms with Crippen LogP contribution in [0.25, 0.3) is 0 Å². The van der Waals surface area contributed by atoms with Gasteiger partial charge in [-0.1, -0.05) is 16.8 Å². The van der Waals surface area contributed by atoms with Gasteiger partial charge in [-0.05, 0) is 65.0 Å². The number of anilines is 1. The zero-order chi connectivity index (χ0) is 16.0. The van der Waals surface area contributed by atoms with Crippen LogP contribution in [0, 0.1) is 0 Å². The van der Waals surface area contributed by atoms with E-state index in [1.165, 1.54) is 0 Å². The normalized spacial score (nSPS) is 11.8. The van der Waals surface area contributed by atoms with Crippen LogP contribution in [0.3, 0.4) is 0 Å². The molecule has 0 unspecified atom stereocenters. The van der Waals surface area contributed by atoms with Gasteiger partial charge in [-0.2, -0.15) is 0 Å². The molecule has 0 atom stereocenters. The highest BCUT2D eigenvalue weighted by Gasteiger charge is 2.10. The van der Waals surface area contributed by atoms with Crippen molar-refractivity contribution in [2.75, 3.05) is 5.32 Å². The molecule has 0 aliphatic heterocycles. The van der Waals surface area contributed by atoms with E-state index < -0.39 is 0 Å². The minimum atomic E-state index is -0.342. The van der Waals surface area contributed by atoms with Gasteiger partial charge in [0.15, 0.2) is 0 Å². The van der Waals surface area contributed by atoms with E-state index in [4.69, 9.17) is 33.4 Å². The fourth-order valence-corrected chi connectivity index (χ4v) is 1.80. The summed E-state index contributed by atoms with van der Waals surface area (Å²) in [6.45, 7) is 9.60. The van der Waals surface area contributed by atoms with E-state index in [0.717, 1.165) is 11.3 Å². The van der Waals surface area contributed by atoms with Crippen LogP contribution >= 0.6 is 23.8 Å². The molecule has 0 heterocycles. The second-order valence-corrected chi connectivity index (χ2v) is 6.53. The summed E-state index contributed by atoms with van der Waals surface area (Å²) in [5, 5.41) is 7.84. The van der Waals surface area contributed by atoms with Crippen LogP contribution in [0.5, 0.6) is 0 Å². The first-order chi connectivity index (χ1) is 9.67. The van der Waals surface area contributed by atoms with Crippen molar-refractivity contribution in [2.24, 2.45) is 5.16 Å². The highest BCUT2D eigenvalue weighted by molar-refractivity contribution is 7.80. The molecule has 0 bridgehead atoms. The topological polar surface area (TPSA) is 42.8 Å². The van der Waals surface area contributed by atoms with Crippen LogP contribution in [0.15, 0.2) is 23.4 Å². The molecule has 21 heavy (non-hydrogen) atoms. The Bertz CT molecular complexity index is 525. The summed E-state index contributed by atoms with van der Waals surface area (Å²) in [5.74, 6) is 0. The molecule has 1 rings (SSSR count). The summed E-state index contributed by atoms with van der Waals surface area (Å²) < 4.78 is 5.38. The Kier molecular flexibility index (Phi) is 6.42. The SMILES string of the molecule is CC(C)OC(=S)Nc1ccc(Cl)c(C=NOC(C)(C)C)c1. The van der Waals surface area contributed by atoms with E-state index >= 15 is 0 Å². The minimum absolute atomic E-state index is 0.0264.